The second-order valence-corrected chi connectivity index (χ2v) is 8.38. The molecule has 1 N–H and O–H groups in total. The number of hydrogen-bond acceptors (Lipinski definition) is 4. The van der Waals surface area contributed by atoms with Crippen LogP contribution in [0.25, 0.3) is 0 Å². The lowest BCUT2D eigenvalue weighted by Gasteiger charge is -2.42. The van der Waals surface area contributed by atoms with Crippen molar-refractivity contribution in [1.29, 1.82) is 0 Å². The van der Waals surface area contributed by atoms with E-state index in [4.69, 9.17) is 9.47 Å². The van der Waals surface area contributed by atoms with Crippen molar-refractivity contribution in [3.8, 4) is 11.5 Å². The van der Waals surface area contributed by atoms with Crippen LogP contribution in [0.4, 0.5) is 4.39 Å². The molecule has 0 unspecified atom stereocenters. The summed E-state index contributed by atoms with van der Waals surface area (Å²) in [6.07, 6.45) is 1.65. The third-order valence-electron chi connectivity index (χ3n) is 6.00. The fraction of sp³-hybridized carbons (Fsp3) is 0.480. The van der Waals surface area contributed by atoms with Crippen LogP contribution in [0, 0.1) is 11.7 Å². The molecule has 0 saturated heterocycles. The van der Waals surface area contributed by atoms with Crippen LogP contribution >= 0.6 is 0 Å². The number of amides is 1. The first-order chi connectivity index (χ1) is 14.9. The van der Waals surface area contributed by atoms with Crippen molar-refractivity contribution >= 4 is 5.91 Å². The zero-order valence-corrected chi connectivity index (χ0v) is 19.1. The molecule has 0 radical (unpaired) electrons. The van der Waals surface area contributed by atoms with Crippen molar-refractivity contribution in [3.63, 3.8) is 0 Å². The Kier molecular flexibility index (Phi) is 7.55. The molecule has 1 heterocycles. The molecular formula is C25H33FN2O3. The number of carbonyl (C=O) groups is 1. The molecule has 0 fully saturated rings. The van der Waals surface area contributed by atoms with Gasteiger partial charge in [0.25, 0.3) is 0 Å². The minimum absolute atomic E-state index is 0.0266. The van der Waals surface area contributed by atoms with Gasteiger partial charge in [-0.15, -0.1) is 0 Å². The van der Waals surface area contributed by atoms with E-state index in [1.165, 1.54) is 17.7 Å². The lowest BCUT2D eigenvalue weighted by molar-refractivity contribution is -0.125. The average Bonchev–Trinajstić information content (AvgIpc) is 2.77. The highest BCUT2D eigenvalue weighted by Crippen LogP contribution is 2.40. The van der Waals surface area contributed by atoms with Crippen LogP contribution in [0.5, 0.6) is 11.5 Å². The van der Waals surface area contributed by atoms with Crippen molar-refractivity contribution < 1.29 is 18.7 Å². The van der Waals surface area contributed by atoms with Crippen molar-refractivity contribution in [2.75, 3.05) is 20.8 Å². The largest absolute Gasteiger partial charge is 0.493 e. The smallest absolute Gasteiger partial charge is 0.222 e. The third kappa shape index (κ3) is 5.18. The molecule has 31 heavy (non-hydrogen) atoms. The van der Waals surface area contributed by atoms with Gasteiger partial charge in [-0.2, -0.15) is 0 Å². The molecule has 0 saturated carbocycles. The average molecular weight is 429 g/mol. The molecule has 2 aromatic rings. The van der Waals surface area contributed by atoms with Crippen LogP contribution in [0.2, 0.25) is 0 Å². The van der Waals surface area contributed by atoms with Crippen molar-refractivity contribution in [3.05, 3.63) is 58.9 Å². The quantitative estimate of drug-likeness (QED) is 0.673. The van der Waals surface area contributed by atoms with Crippen molar-refractivity contribution in [2.24, 2.45) is 5.92 Å². The molecule has 0 aromatic heterocycles. The first-order valence-electron chi connectivity index (χ1n) is 10.9. The molecule has 3 rings (SSSR count). The topological polar surface area (TPSA) is 50.8 Å². The Bertz CT molecular complexity index is 898. The number of carbonyl (C=O) groups excluding carboxylic acids is 1. The summed E-state index contributed by atoms with van der Waals surface area (Å²) in [7, 11) is 3.28. The van der Waals surface area contributed by atoms with Gasteiger partial charge >= 0.3 is 0 Å². The van der Waals surface area contributed by atoms with Gasteiger partial charge in [-0.25, -0.2) is 4.39 Å². The predicted octanol–water partition coefficient (Wildman–Crippen LogP) is 4.49. The van der Waals surface area contributed by atoms with E-state index >= 15 is 0 Å². The van der Waals surface area contributed by atoms with Crippen LogP contribution in [0.15, 0.2) is 36.4 Å². The zero-order chi connectivity index (χ0) is 22.5. The van der Waals surface area contributed by atoms with Crippen LogP contribution < -0.4 is 14.8 Å². The fourth-order valence-corrected chi connectivity index (χ4v) is 4.26. The summed E-state index contributed by atoms with van der Waals surface area (Å²) >= 11 is 0. The van der Waals surface area contributed by atoms with E-state index in [1.807, 2.05) is 38.1 Å². The van der Waals surface area contributed by atoms with Gasteiger partial charge in [-0.1, -0.05) is 32.9 Å². The van der Waals surface area contributed by atoms with Gasteiger partial charge in [0.15, 0.2) is 11.5 Å². The Morgan fingerprint density at radius 1 is 1.16 bits per heavy atom. The summed E-state index contributed by atoms with van der Waals surface area (Å²) in [4.78, 5) is 14.9. The summed E-state index contributed by atoms with van der Waals surface area (Å²) in [5.41, 5.74) is 3.39. The molecule has 2 aromatic carbocycles. The van der Waals surface area contributed by atoms with Crippen LogP contribution in [0.1, 0.15) is 49.9 Å². The molecule has 1 aliphatic heterocycles. The fourth-order valence-electron chi connectivity index (χ4n) is 4.26. The van der Waals surface area contributed by atoms with E-state index in [-0.39, 0.29) is 29.7 Å². The lowest BCUT2D eigenvalue weighted by atomic mass is 9.86. The van der Waals surface area contributed by atoms with Gasteiger partial charge in [-0.3, -0.25) is 9.69 Å². The zero-order valence-electron chi connectivity index (χ0n) is 19.1. The molecular weight excluding hydrogens is 395 g/mol. The molecule has 0 bridgehead atoms. The summed E-state index contributed by atoms with van der Waals surface area (Å²) in [5, 5.41) is 3.26. The van der Waals surface area contributed by atoms with E-state index in [9.17, 15) is 9.18 Å². The van der Waals surface area contributed by atoms with Crippen molar-refractivity contribution in [2.45, 2.75) is 52.2 Å². The van der Waals surface area contributed by atoms with E-state index in [0.717, 1.165) is 30.5 Å². The highest BCUT2D eigenvalue weighted by molar-refractivity contribution is 5.78. The standard InChI is InChI=1S/C25H33FN2O3/c1-6-21(27-25(29)16(2)3)24-20-14-23(31-5)22(30-4)13-18(20)11-12-28(24)15-17-7-9-19(26)10-8-17/h7-10,13-14,16,21,24H,6,11-12,15H2,1-5H3,(H,27,29)/t21-,24-/m1/s1. The van der Waals surface area contributed by atoms with E-state index < -0.39 is 0 Å². The number of nitrogens with zero attached hydrogens (tertiary/aromatic N) is 1. The summed E-state index contributed by atoms with van der Waals surface area (Å²) in [6, 6.07) is 10.6. The maximum absolute atomic E-state index is 13.4. The summed E-state index contributed by atoms with van der Waals surface area (Å²) < 4.78 is 24.5. The molecule has 2 atom stereocenters. The van der Waals surface area contributed by atoms with Gasteiger partial charge in [0, 0.05) is 25.0 Å². The summed E-state index contributed by atoms with van der Waals surface area (Å²) in [5.74, 6) is 1.11. The van der Waals surface area contributed by atoms with Gasteiger partial charge in [0.1, 0.15) is 5.82 Å². The Labute approximate surface area is 184 Å². The number of fused-ring (bicyclic) bond motifs is 1. The number of ether oxygens (including phenoxy) is 2. The first kappa shape index (κ1) is 23.1. The molecule has 6 heteroatoms. The Morgan fingerprint density at radius 2 is 1.81 bits per heavy atom. The van der Waals surface area contributed by atoms with Gasteiger partial charge in [0.2, 0.25) is 5.91 Å². The number of nitrogens with one attached hydrogen (secondary N) is 1. The van der Waals surface area contributed by atoms with Gasteiger partial charge in [-0.05, 0) is 53.8 Å². The van der Waals surface area contributed by atoms with Crippen molar-refractivity contribution in [1.82, 2.24) is 10.2 Å². The maximum atomic E-state index is 13.4. The Hall–Kier alpha value is -2.60. The highest BCUT2D eigenvalue weighted by atomic mass is 19.1. The predicted molar refractivity (Wildman–Crippen MR) is 120 cm³/mol. The minimum atomic E-state index is -0.239. The second kappa shape index (κ2) is 10.1. The molecule has 0 aliphatic carbocycles. The highest BCUT2D eigenvalue weighted by Gasteiger charge is 2.35. The van der Waals surface area contributed by atoms with Crippen LogP contribution in [-0.4, -0.2) is 37.6 Å². The Balaban J connectivity index is 2.02. The second-order valence-electron chi connectivity index (χ2n) is 8.38. The number of benzene rings is 2. The number of rotatable bonds is 8. The number of hydrogen-bond donors (Lipinski definition) is 1. The summed E-state index contributed by atoms with van der Waals surface area (Å²) in [6.45, 7) is 7.41. The van der Waals surface area contributed by atoms with E-state index in [0.29, 0.717) is 18.0 Å². The molecule has 5 nitrogen and oxygen atoms in total. The third-order valence-corrected chi connectivity index (χ3v) is 6.00. The normalized spacial score (nSPS) is 17.2. The number of methoxy groups -OCH3 is 2. The monoisotopic (exact) mass is 428 g/mol. The Morgan fingerprint density at radius 3 is 2.39 bits per heavy atom. The van der Waals surface area contributed by atoms with Crippen LogP contribution in [-0.2, 0) is 17.8 Å². The maximum Gasteiger partial charge on any atom is 0.222 e. The van der Waals surface area contributed by atoms with Gasteiger partial charge in [0.05, 0.1) is 20.3 Å². The van der Waals surface area contributed by atoms with E-state index in [1.54, 1.807) is 14.2 Å². The lowest BCUT2D eigenvalue weighted by Crippen LogP contribution is -2.49. The van der Waals surface area contributed by atoms with Crippen LogP contribution in [0.3, 0.4) is 0 Å². The minimum Gasteiger partial charge on any atom is -0.493 e. The molecule has 0 spiro atoms. The molecule has 1 amide bonds. The SMILES string of the molecule is CC[C@@H](NC(=O)C(C)C)[C@H]1c2cc(OC)c(OC)cc2CCN1Cc1ccc(F)cc1. The van der Waals surface area contributed by atoms with E-state index in [2.05, 4.69) is 17.1 Å². The first-order valence-corrected chi connectivity index (χ1v) is 10.9. The van der Waals surface area contributed by atoms with Gasteiger partial charge < -0.3 is 14.8 Å². The molecule has 168 valence electrons. The number of halogens is 1. The molecule has 1 aliphatic rings.